The van der Waals surface area contributed by atoms with Gasteiger partial charge in [-0.2, -0.15) is 0 Å². The number of aromatic nitrogens is 1. The van der Waals surface area contributed by atoms with Gasteiger partial charge in [0.1, 0.15) is 11.3 Å². The average molecular weight is 364 g/mol. The highest BCUT2D eigenvalue weighted by atomic mass is 16.5. The maximum atomic E-state index is 12.5. The summed E-state index contributed by atoms with van der Waals surface area (Å²) in [4.78, 5) is 16.9. The van der Waals surface area contributed by atoms with Crippen molar-refractivity contribution < 1.29 is 14.3 Å². The lowest BCUT2D eigenvalue weighted by atomic mass is 10.1. The fraction of sp³-hybridized carbons (Fsp3) is 0.273. The number of anilines is 2. The van der Waals surface area contributed by atoms with E-state index in [4.69, 9.17) is 9.47 Å². The van der Waals surface area contributed by atoms with Crippen molar-refractivity contribution >= 4 is 28.2 Å². The summed E-state index contributed by atoms with van der Waals surface area (Å²) in [5.41, 5.74) is 2.68. The Hall–Kier alpha value is -3.08. The Morgan fingerprint density at radius 3 is 2.67 bits per heavy atom. The van der Waals surface area contributed by atoms with Crippen molar-refractivity contribution in [2.45, 2.75) is 26.7 Å². The number of nitrogens with one attached hydrogen (secondary N) is 1. The zero-order chi connectivity index (χ0) is 19.1. The molecule has 0 saturated carbocycles. The normalized spacial score (nSPS) is 10.6. The molecule has 5 heteroatoms. The van der Waals surface area contributed by atoms with Gasteiger partial charge in [-0.1, -0.05) is 43.7 Å². The third-order valence-corrected chi connectivity index (χ3v) is 4.17. The number of unbranched alkanes of at least 4 members (excludes halogenated alkanes) is 1. The second kappa shape index (κ2) is 9.03. The maximum Gasteiger partial charge on any atom is 0.341 e. The number of rotatable bonds is 8. The van der Waals surface area contributed by atoms with E-state index in [1.165, 1.54) is 0 Å². The fourth-order valence-electron chi connectivity index (χ4n) is 2.80. The smallest absolute Gasteiger partial charge is 0.341 e. The van der Waals surface area contributed by atoms with Crippen molar-refractivity contribution in [3.8, 4) is 5.75 Å². The molecule has 0 spiro atoms. The number of hydrogen-bond donors (Lipinski definition) is 1. The van der Waals surface area contributed by atoms with Crippen LogP contribution in [0.1, 0.15) is 37.0 Å². The van der Waals surface area contributed by atoms with Crippen LogP contribution >= 0.6 is 0 Å². The molecule has 0 fully saturated rings. The first-order chi connectivity index (χ1) is 13.2. The lowest BCUT2D eigenvalue weighted by Gasteiger charge is -2.17. The van der Waals surface area contributed by atoms with Crippen LogP contribution in [0.2, 0.25) is 0 Å². The number of carbonyl (C=O) groups is 1. The van der Waals surface area contributed by atoms with Gasteiger partial charge in [0.05, 0.1) is 30.1 Å². The largest absolute Gasteiger partial charge is 0.491 e. The van der Waals surface area contributed by atoms with Crippen molar-refractivity contribution in [2.24, 2.45) is 0 Å². The molecule has 1 heterocycles. The first-order valence-corrected chi connectivity index (χ1v) is 9.28. The third-order valence-electron chi connectivity index (χ3n) is 4.17. The molecule has 0 aliphatic heterocycles. The summed E-state index contributed by atoms with van der Waals surface area (Å²) >= 11 is 0. The number of para-hydroxylation sites is 3. The molecule has 27 heavy (non-hydrogen) atoms. The lowest BCUT2D eigenvalue weighted by Crippen LogP contribution is -2.10. The minimum Gasteiger partial charge on any atom is -0.491 e. The number of fused-ring (bicyclic) bond motifs is 1. The Morgan fingerprint density at radius 2 is 1.85 bits per heavy atom. The minimum atomic E-state index is -0.400. The van der Waals surface area contributed by atoms with E-state index in [1.54, 1.807) is 13.1 Å². The van der Waals surface area contributed by atoms with E-state index in [-0.39, 0.29) is 0 Å². The molecule has 0 saturated heterocycles. The Labute approximate surface area is 159 Å². The summed E-state index contributed by atoms with van der Waals surface area (Å²) in [7, 11) is 0. The van der Waals surface area contributed by atoms with Gasteiger partial charge in [-0.05, 0) is 31.5 Å². The van der Waals surface area contributed by atoms with E-state index in [2.05, 4.69) is 17.2 Å². The second-order valence-electron chi connectivity index (χ2n) is 6.11. The quantitative estimate of drug-likeness (QED) is 0.432. The number of ether oxygens (including phenoxy) is 2. The Morgan fingerprint density at radius 1 is 1.07 bits per heavy atom. The summed E-state index contributed by atoms with van der Waals surface area (Å²) in [6.45, 7) is 4.87. The first kappa shape index (κ1) is 18.7. The standard InChI is InChI=1S/C22H24N2O3/c1-3-5-14-27-20-13-9-8-12-19(20)24-21-16-10-6-7-11-18(16)23-15-17(21)22(25)26-4-2/h6-13,15H,3-5,14H2,1-2H3,(H,23,24). The van der Waals surface area contributed by atoms with Crippen molar-refractivity contribution in [3.63, 3.8) is 0 Å². The summed E-state index contributed by atoms with van der Waals surface area (Å²) in [5.74, 6) is 0.351. The minimum absolute atomic E-state index is 0.307. The van der Waals surface area contributed by atoms with E-state index in [1.807, 2.05) is 48.5 Å². The summed E-state index contributed by atoms with van der Waals surface area (Å²) < 4.78 is 11.1. The molecule has 0 aliphatic rings. The van der Waals surface area contributed by atoms with Crippen molar-refractivity contribution in [1.29, 1.82) is 0 Å². The number of nitrogens with zero attached hydrogens (tertiary/aromatic N) is 1. The summed E-state index contributed by atoms with van der Waals surface area (Å²) in [5, 5.41) is 4.24. The van der Waals surface area contributed by atoms with Crippen LogP contribution in [0.15, 0.2) is 54.7 Å². The van der Waals surface area contributed by atoms with Gasteiger partial charge in [0.2, 0.25) is 0 Å². The molecule has 0 radical (unpaired) electrons. The van der Waals surface area contributed by atoms with E-state index in [0.29, 0.717) is 24.5 Å². The van der Waals surface area contributed by atoms with E-state index in [9.17, 15) is 4.79 Å². The zero-order valence-corrected chi connectivity index (χ0v) is 15.7. The topological polar surface area (TPSA) is 60.5 Å². The van der Waals surface area contributed by atoms with Crippen molar-refractivity contribution in [2.75, 3.05) is 18.5 Å². The Kier molecular flexibility index (Phi) is 6.26. The van der Waals surface area contributed by atoms with E-state index < -0.39 is 5.97 Å². The van der Waals surface area contributed by atoms with Crippen LogP contribution in [0.4, 0.5) is 11.4 Å². The van der Waals surface area contributed by atoms with Crippen LogP contribution in [0.25, 0.3) is 10.9 Å². The van der Waals surface area contributed by atoms with E-state index >= 15 is 0 Å². The maximum absolute atomic E-state index is 12.5. The van der Waals surface area contributed by atoms with Crippen LogP contribution in [-0.4, -0.2) is 24.2 Å². The molecule has 0 bridgehead atoms. The van der Waals surface area contributed by atoms with Gasteiger partial charge >= 0.3 is 5.97 Å². The van der Waals surface area contributed by atoms with Crippen LogP contribution in [0.5, 0.6) is 5.75 Å². The molecule has 0 atom stereocenters. The van der Waals surface area contributed by atoms with Gasteiger partial charge < -0.3 is 14.8 Å². The van der Waals surface area contributed by atoms with Gasteiger partial charge in [0.15, 0.2) is 0 Å². The van der Waals surface area contributed by atoms with Gasteiger partial charge in [0.25, 0.3) is 0 Å². The highest BCUT2D eigenvalue weighted by Gasteiger charge is 2.18. The van der Waals surface area contributed by atoms with Crippen LogP contribution in [0.3, 0.4) is 0 Å². The van der Waals surface area contributed by atoms with Gasteiger partial charge in [-0.25, -0.2) is 4.79 Å². The predicted molar refractivity (Wildman–Crippen MR) is 108 cm³/mol. The number of benzene rings is 2. The number of pyridine rings is 1. The molecular weight excluding hydrogens is 340 g/mol. The Bertz CT molecular complexity index is 924. The lowest BCUT2D eigenvalue weighted by molar-refractivity contribution is 0.0527. The van der Waals surface area contributed by atoms with Crippen LogP contribution in [-0.2, 0) is 4.74 Å². The first-order valence-electron chi connectivity index (χ1n) is 9.28. The molecule has 140 valence electrons. The van der Waals surface area contributed by atoms with Gasteiger partial charge in [0, 0.05) is 11.6 Å². The Balaban J connectivity index is 2.03. The molecule has 3 aromatic rings. The van der Waals surface area contributed by atoms with Crippen molar-refractivity contribution in [3.05, 3.63) is 60.3 Å². The van der Waals surface area contributed by atoms with Gasteiger partial charge in [-0.3, -0.25) is 4.98 Å². The third kappa shape index (κ3) is 4.37. The molecule has 5 nitrogen and oxygen atoms in total. The highest BCUT2D eigenvalue weighted by Crippen LogP contribution is 2.33. The number of carbonyl (C=O) groups excluding carboxylic acids is 1. The molecule has 2 aromatic carbocycles. The monoisotopic (exact) mass is 364 g/mol. The van der Waals surface area contributed by atoms with Gasteiger partial charge in [-0.15, -0.1) is 0 Å². The molecule has 0 unspecified atom stereocenters. The number of esters is 1. The number of hydrogen-bond acceptors (Lipinski definition) is 5. The summed E-state index contributed by atoms with van der Waals surface area (Å²) in [6.07, 6.45) is 3.61. The molecule has 0 amide bonds. The molecular formula is C22H24N2O3. The van der Waals surface area contributed by atoms with Crippen LogP contribution in [0, 0.1) is 0 Å². The SMILES string of the molecule is CCCCOc1ccccc1Nc1c(C(=O)OCC)cnc2ccccc12. The van der Waals surface area contributed by atoms with E-state index in [0.717, 1.165) is 35.2 Å². The highest BCUT2D eigenvalue weighted by molar-refractivity contribution is 6.06. The molecule has 3 rings (SSSR count). The fourth-order valence-corrected chi connectivity index (χ4v) is 2.80. The second-order valence-corrected chi connectivity index (χ2v) is 6.11. The molecule has 1 N–H and O–H groups in total. The average Bonchev–Trinajstić information content (AvgIpc) is 2.70. The van der Waals surface area contributed by atoms with Crippen molar-refractivity contribution in [1.82, 2.24) is 4.98 Å². The molecule has 0 aliphatic carbocycles. The molecule has 1 aromatic heterocycles. The zero-order valence-electron chi connectivity index (χ0n) is 15.7. The summed E-state index contributed by atoms with van der Waals surface area (Å²) in [6, 6.07) is 15.4. The predicted octanol–water partition coefficient (Wildman–Crippen LogP) is 5.33. The van der Waals surface area contributed by atoms with Crippen LogP contribution < -0.4 is 10.1 Å².